The highest BCUT2D eigenvalue weighted by Crippen LogP contribution is 2.33. The van der Waals surface area contributed by atoms with Crippen LogP contribution in [0.25, 0.3) is 0 Å². The van der Waals surface area contributed by atoms with Gasteiger partial charge in [0, 0.05) is 29.4 Å². The fraction of sp³-hybridized carbons (Fsp3) is 0.231. The Hall–Kier alpha value is -1.41. The molecule has 2 aromatic rings. The summed E-state index contributed by atoms with van der Waals surface area (Å²) in [6.45, 7) is 1.59. The molecule has 0 unspecified atom stereocenters. The van der Waals surface area contributed by atoms with E-state index in [4.69, 9.17) is 16.3 Å². The largest absolute Gasteiger partial charge is 0.493 e. The molecule has 0 spiro atoms. The second-order valence-electron chi connectivity index (χ2n) is 4.01. The van der Waals surface area contributed by atoms with Crippen LogP contribution in [0.4, 0.5) is 0 Å². The lowest BCUT2D eigenvalue weighted by Gasteiger charge is -2.09. The number of aromatic nitrogens is 1. The average Bonchev–Trinajstić information content (AvgIpc) is 2.87. The monoisotopic (exact) mass is 233 g/mol. The quantitative estimate of drug-likeness (QED) is 0.778. The van der Waals surface area contributed by atoms with Crippen LogP contribution in [0.15, 0.2) is 36.7 Å². The summed E-state index contributed by atoms with van der Waals surface area (Å²) in [5.74, 6) is 1.03. The van der Waals surface area contributed by atoms with E-state index in [2.05, 4.69) is 4.57 Å². The van der Waals surface area contributed by atoms with Crippen molar-refractivity contribution in [2.45, 2.75) is 13.0 Å². The van der Waals surface area contributed by atoms with Gasteiger partial charge in [0.2, 0.25) is 0 Å². The summed E-state index contributed by atoms with van der Waals surface area (Å²) in [6, 6.07) is 8.03. The number of fused-ring (bicyclic) bond motifs is 1. The van der Waals surface area contributed by atoms with Gasteiger partial charge in [0.15, 0.2) is 0 Å². The molecule has 82 valence electrons. The van der Waals surface area contributed by atoms with Crippen molar-refractivity contribution in [1.82, 2.24) is 4.57 Å². The Morgan fingerprint density at radius 1 is 1.25 bits per heavy atom. The normalized spacial score (nSPS) is 13.6. The fourth-order valence-electron chi connectivity index (χ4n) is 2.14. The molecule has 0 N–H and O–H groups in total. The minimum atomic E-state index is 0.772. The highest BCUT2D eigenvalue weighted by Gasteiger charge is 2.17. The topological polar surface area (TPSA) is 14.2 Å². The van der Waals surface area contributed by atoms with E-state index in [1.165, 1.54) is 5.56 Å². The second kappa shape index (κ2) is 3.87. The molecule has 0 radical (unpaired) electrons. The first-order chi connectivity index (χ1) is 7.83. The van der Waals surface area contributed by atoms with Gasteiger partial charge in [0.05, 0.1) is 13.2 Å². The standard InChI is InChI=1S/C13H12ClNO/c14-12-7-10-3-6-16-13(10)11(8-12)9-15-4-1-2-5-15/h1-2,4-5,7-8H,3,6,9H2. The summed E-state index contributed by atoms with van der Waals surface area (Å²) in [4.78, 5) is 0. The predicted octanol–water partition coefficient (Wildman–Crippen LogP) is 3.12. The van der Waals surface area contributed by atoms with Crippen molar-refractivity contribution in [3.8, 4) is 5.75 Å². The molecule has 3 heteroatoms. The van der Waals surface area contributed by atoms with Gasteiger partial charge >= 0.3 is 0 Å². The van der Waals surface area contributed by atoms with Gasteiger partial charge in [0.1, 0.15) is 5.75 Å². The van der Waals surface area contributed by atoms with Crippen LogP contribution in [-0.2, 0) is 13.0 Å². The number of nitrogens with zero attached hydrogens (tertiary/aromatic N) is 1. The highest BCUT2D eigenvalue weighted by molar-refractivity contribution is 6.30. The van der Waals surface area contributed by atoms with Crippen LogP contribution in [0.3, 0.4) is 0 Å². The molecule has 0 atom stereocenters. The Labute approximate surface area is 99.4 Å². The summed E-state index contributed by atoms with van der Waals surface area (Å²) in [5, 5.41) is 0.798. The van der Waals surface area contributed by atoms with Crippen molar-refractivity contribution in [2.24, 2.45) is 0 Å². The van der Waals surface area contributed by atoms with E-state index in [9.17, 15) is 0 Å². The van der Waals surface area contributed by atoms with Crippen LogP contribution in [0.1, 0.15) is 11.1 Å². The van der Waals surface area contributed by atoms with Crippen LogP contribution in [0.2, 0.25) is 5.02 Å². The van der Waals surface area contributed by atoms with E-state index in [1.54, 1.807) is 0 Å². The molecule has 1 aliphatic heterocycles. The van der Waals surface area contributed by atoms with Crippen molar-refractivity contribution in [3.63, 3.8) is 0 Å². The maximum atomic E-state index is 6.10. The summed E-state index contributed by atoms with van der Waals surface area (Å²) < 4.78 is 7.78. The molecule has 2 nitrogen and oxygen atoms in total. The Bertz CT molecular complexity index is 505. The van der Waals surface area contributed by atoms with Gasteiger partial charge in [-0.1, -0.05) is 11.6 Å². The van der Waals surface area contributed by atoms with Crippen LogP contribution < -0.4 is 4.74 Å². The average molecular weight is 234 g/mol. The van der Waals surface area contributed by atoms with Crippen LogP contribution in [0.5, 0.6) is 5.75 Å². The predicted molar refractivity (Wildman–Crippen MR) is 64.2 cm³/mol. The number of hydrogen-bond acceptors (Lipinski definition) is 1. The Morgan fingerprint density at radius 3 is 2.88 bits per heavy atom. The van der Waals surface area contributed by atoms with Gasteiger partial charge in [-0.3, -0.25) is 0 Å². The second-order valence-corrected chi connectivity index (χ2v) is 4.44. The summed E-state index contributed by atoms with van der Waals surface area (Å²) >= 11 is 6.10. The minimum Gasteiger partial charge on any atom is -0.493 e. The van der Waals surface area contributed by atoms with E-state index in [0.717, 1.165) is 35.9 Å². The zero-order valence-electron chi connectivity index (χ0n) is 8.82. The maximum absolute atomic E-state index is 6.10. The van der Waals surface area contributed by atoms with Crippen molar-refractivity contribution < 1.29 is 4.74 Å². The van der Waals surface area contributed by atoms with Crippen molar-refractivity contribution in [1.29, 1.82) is 0 Å². The lowest BCUT2D eigenvalue weighted by molar-refractivity contribution is 0.352. The van der Waals surface area contributed by atoms with Crippen LogP contribution in [-0.4, -0.2) is 11.2 Å². The zero-order chi connectivity index (χ0) is 11.0. The highest BCUT2D eigenvalue weighted by atomic mass is 35.5. The molecule has 0 aliphatic carbocycles. The van der Waals surface area contributed by atoms with Crippen molar-refractivity contribution >= 4 is 11.6 Å². The maximum Gasteiger partial charge on any atom is 0.127 e. The SMILES string of the molecule is Clc1cc2c(c(Cn3cccc3)c1)OCC2. The van der Waals surface area contributed by atoms with E-state index in [-0.39, 0.29) is 0 Å². The molecule has 0 fully saturated rings. The van der Waals surface area contributed by atoms with Gasteiger partial charge in [-0.2, -0.15) is 0 Å². The number of halogens is 1. The van der Waals surface area contributed by atoms with E-state index < -0.39 is 0 Å². The first kappa shape index (κ1) is 9.79. The van der Waals surface area contributed by atoms with Gasteiger partial charge in [0.25, 0.3) is 0 Å². The van der Waals surface area contributed by atoms with Crippen LogP contribution >= 0.6 is 11.6 Å². The van der Waals surface area contributed by atoms with E-state index >= 15 is 0 Å². The van der Waals surface area contributed by atoms with E-state index in [0.29, 0.717) is 0 Å². The molecule has 1 aromatic carbocycles. The number of benzene rings is 1. The van der Waals surface area contributed by atoms with Gasteiger partial charge in [-0.25, -0.2) is 0 Å². The lowest BCUT2D eigenvalue weighted by Crippen LogP contribution is -1.99. The van der Waals surface area contributed by atoms with Crippen molar-refractivity contribution in [3.05, 3.63) is 52.8 Å². The van der Waals surface area contributed by atoms with Crippen LogP contribution in [0, 0.1) is 0 Å². The number of rotatable bonds is 2. The molecule has 1 aliphatic rings. The summed E-state index contributed by atoms with van der Waals surface area (Å²) in [7, 11) is 0. The molecular weight excluding hydrogens is 222 g/mol. The first-order valence-electron chi connectivity index (χ1n) is 5.38. The summed E-state index contributed by atoms with van der Waals surface area (Å²) in [5.41, 5.74) is 2.39. The van der Waals surface area contributed by atoms with E-state index in [1.807, 2.05) is 36.7 Å². The minimum absolute atomic E-state index is 0.772. The third-order valence-electron chi connectivity index (χ3n) is 2.84. The lowest BCUT2D eigenvalue weighted by atomic mass is 10.1. The zero-order valence-corrected chi connectivity index (χ0v) is 9.57. The Morgan fingerprint density at radius 2 is 2.06 bits per heavy atom. The first-order valence-corrected chi connectivity index (χ1v) is 5.75. The van der Waals surface area contributed by atoms with Gasteiger partial charge < -0.3 is 9.30 Å². The Balaban J connectivity index is 2.00. The molecule has 0 bridgehead atoms. The molecule has 2 heterocycles. The number of hydrogen-bond donors (Lipinski definition) is 0. The Kier molecular flexibility index (Phi) is 2.37. The summed E-state index contributed by atoms with van der Waals surface area (Å²) in [6.07, 6.45) is 5.05. The van der Waals surface area contributed by atoms with Crippen molar-refractivity contribution in [2.75, 3.05) is 6.61 Å². The molecule has 0 saturated heterocycles. The molecule has 1 aromatic heterocycles. The molecule has 0 amide bonds. The third kappa shape index (κ3) is 1.69. The third-order valence-corrected chi connectivity index (χ3v) is 3.06. The fourth-order valence-corrected chi connectivity index (χ4v) is 2.40. The molecular formula is C13H12ClNO. The smallest absolute Gasteiger partial charge is 0.127 e. The molecule has 16 heavy (non-hydrogen) atoms. The number of ether oxygens (including phenoxy) is 1. The molecule has 3 rings (SSSR count). The van der Waals surface area contributed by atoms with Gasteiger partial charge in [-0.15, -0.1) is 0 Å². The van der Waals surface area contributed by atoms with Gasteiger partial charge in [-0.05, 0) is 29.8 Å². The molecule has 0 saturated carbocycles.